The van der Waals surface area contributed by atoms with Gasteiger partial charge in [-0.2, -0.15) is 0 Å². The monoisotopic (exact) mass is 306 g/mol. The molecule has 1 aliphatic rings. The first-order chi connectivity index (χ1) is 10.6. The van der Waals surface area contributed by atoms with E-state index in [9.17, 15) is 4.79 Å². The minimum atomic E-state index is 0.0385. The van der Waals surface area contributed by atoms with Gasteiger partial charge >= 0.3 is 0 Å². The van der Waals surface area contributed by atoms with Crippen molar-refractivity contribution in [2.24, 2.45) is 0 Å². The van der Waals surface area contributed by atoms with Crippen molar-refractivity contribution in [1.29, 1.82) is 0 Å². The summed E-state index contributed by atoms with van der Waals surface area (Å²) in [6.07, 6.45) is 0.356. The summed E-state index contributed by atoms with van der Waals surface area (Å²) >= 11 is 0. The number of carbonyl (C=O) groups is 1. The summed E-state index contributed by atoms with van der Waals surface area (Å²) in [5.41, 5.74) is 3.16. The van der Waals surface area contributed by atoms with Gasteiger partial charge in [-0.15, -0.1) is 0 Å². The zero-order valence-electron chi connectivity index (χ0n) is 13.8. The number of methoxy groups -OCH3 is 1. The number of hydrogen-bond acceptors (Lipinski definition) is 4. The van der Waals surface area contributed by atoms with Crippen LogP contribution in [0.15, 0.2) is 12.1 Å². The molecule has 0 spiro atoms. The van der Waals surface area contributed by atoms with Crippen molar-refractivity contribution in [3.05, 3.63) is 28.8 Å². The van der Waals surface area contributed by atoms with Gasteiger partial charge in [-0.1, -0.05) is 17.7 Å². The third-order valence-electron chi connectivity index (χ3n) is 3.90. The first kappa shape index (κ1) is 16.8. The normalized spacial score (nSPS) is 15.6. The smallest absolute Gasteiger partial charge is 0.224 e. The number of ether oxygens (including phenoxy) is 2. The zero-order chi connectivity index (χ0) is 15.9. The lowest BCUT2D eigenvalue weighted by molar-refractivity contribution is -0.120. The van der Waals surface area contributed by atoms with Crippen LogP contribution >= 0.6 is 0 Å². The minimum absolute atomic E-state index is 0.0385. The summed E-state index contributed by atoms with van der Waals surface area (Å²) in [4.78, 5) is 14.4. The Morgan fingerprint density at radius 1 is 1.32 bits per heavy atom. The maximum atomic E-state index is 12.1. The van der Waals surface area contributed by atoms with E-state index in [1.54, 1.807) is 7.11 Å². The fourth-order valence-corrected chi connectivity index (χ4v) is 2.88. The van der Waals surface area contributed by atoms with Gasteiger partial charge in [-0.25, -0.2) is 0 Å². The molecule has 1 aromatic carbocycles. The number of hydrogen-bond donors (Lipinski definition) is 1. The summed E-state index contributed by atoms with van der Waals surface area (Å²) in [7, 11) is 1.65. The van der Waals surface area contributed by atoms with Gasteiger partial charge in [0.2, 0.25) is 5.91 Å². The summed E-state index contributed by atoms with van der Waals surface area (Å²) in [6.45, 7) is 9.05. The van der Waals surface area contributed by atoms with E-state index in [2.05, 4.69) is 16.3 Å². The molecule has 1 heterocycles. The van der Waals surface area contributed by atoms with Crippen LogP contribution in [-0.4, -0.2) is 57.3 Å². The Morgan fingerprint density at radius 2 is 2.05 bits per heavy atom. The van der Waals surface area contributed by atoms with Gasteiger partial charge in [0.1, 0.15) is 5.75 Å². The number of rotatable bonds is 6. The Kier molecular flexibility index (Phi) is 6.21. The minimum Gasteiger partial charge on any atom is -0.496 e. The highest BCUT2D eigenvalue weighted by atomic mass is 16.5. The number of carbonyl (C=O) groups excluding carboxylic acids is 1. The molecule has 5 heteroatoms. The predicted molar refractivity (Wildman–Crippen MR) is 86.4 cm³/mol. The largest absolute Gasteiger partial charge is 0.496 e. The third-order valence-corrected chi connectivity index (χ3v) is 3.90. The lowest BCUT2D eigenvalue weighted by Gasteiger charge is -2.26. The van der Waals surface area contributed by atoms with Crippen molar-refractivity contribution in [3.63, 3.8) is 0 Å². The zero-order valence-corrected chi connectivity index (χ0v) is 13.8. The summed E-state index contributed by atoms with van der Waals surface area (Å²) in [5, 5.41) is 2.99. The van der Waals surface area contributed by atoms with Gasteiger partial charge in [0, 0.05) is 31.7 Å². The summed E-state index contributed by atoms with van der Waals surface area (Å²) in [6, 6.07) is 4.09. The van der Waals surface area contributed by atoms with Crippen LogP contribution in [-0.2, 0) is 16.0 Å². The van der Waals surface area contributed by atoms with Gasteiger partial charge in [0.15, 0.2) is 0 Å². The predicted octanol–water partition coefficient (Wildman–Crippen LogP) is 1.30. The Morgan fingerprint density at radius 3 is 2.73 bits per heavy atom. The van der Waals surface area contributed by atoms with E-state index < -0.39 is 0 Å². The number of aryl methyl sites for hydroxylation is 2. The van der Waals surface area contributed by atoms with Crippen LogP contribution in [0.3, 0.4) is 0 Å². The summed E-state index contributed by atoms with van der Waals surface area (Å²) < 4.78 is 10.7. The molecule has 1 amide bonds. The average Bonchev–Trinajstić information content (AvgIpc) is 2.48. The van der Waals surface area contributed by atoms with Crippen LogP contribution in [0.2, 0.25) is 0 Å². The molecule has 0 unspecified atom stereocenters. The first-order valence-corrected chi connectivity index (χ1v) is 7.81. The molecule has 1 aliphatic heterocycles. The molecule has 0 atom stereocenters. The maximum absolute atomic E-state index is 12.1. The molecule has 22 heavy (non-hydrogen) atoms. The van der Waals surface area contributed by atoms with Gasteiger partial charge in [0.05, 0.1) is 26.7 Å². The molecule has 5 nitrogen and oxygen atoms in total. The Balaban J connectivity index is 1.84. The molecule has 0 aromatic heterocycles. The van der Waals surface area contributed by atoms with Gasteiger partial charge in [-0.3, -0.25) is 9.69 Å². The van der Waals surface area contributed by atoms with E-state index in [0.717, 1.165) is 55.3 Å². The standard InChI is InChI=1S/C17H26N2O3/c1-13-10-14(2)17(21-3)15(11-13)12-16(20)18-4-5-19-6-8-22-9-7-19/h10-11H,4-9,12H2,1-3H3,(H,18,20). The summed E-state index contributed by atoms with van der Waals surface area (Å²) in [5.74, 6) is 0.852. The molecule has 0 saturated carbocycles. The van der Waals surface area contributed by atoms with Crippen LogP contribution < -0.4 is 10.1 Å². The van der Waals surface area contributed by atoms with Crippen molar-refractivity contribution < 1.29 is 14.3 Å². The number of nitrogens with one attached hydrogen (secondary N) is 1. The van der Waals surface area contributed by atoms with Crippen LogP contribution in [0.5, 0.6) is 5.75 Å². The van der Waals surface area contributed by atoms with Crippen molar-refractivity contribution in [2.45, 2.75) is 20.3 Å². The van der Waals surface area contributed by atoms with E-state index in [0.29, 0.717) is 13.0 Å². The van der Waals surface area contributed by atoms with Crippen molar-refractivity contribution in [1.82, 2.24) is 10.2 Å². The second-order valence-corrected chi connectivity index (χ2v) is 5.75. The van der Waals surface area contributed by atoms with Crippen molar-refractivity contribution in [2.75, 3.05) is 46.5 Å². The lowest BCUT2D eigenvalue weighted by atomic mass is 10.0. The van der Waals surface area contributed by atoms with Crippen LogP contribution in [0.4, 0.5) is 0 Å². The molecule has 0 aliphatic carbocycles. The molecule has 1 fully saturated rings. The molecule has 0 radical (unpaired) electrons. The average molecular weight is 306 g/mol. The number of nitrogens with zero attached hydrogens (tertiary/aromatic N) is 1. The molecule has 0 bridgehead atoms. The molecule has 122 valence electrons. The Labute approximate surface area is 132 Å². The topological polar surface area (TPSA) is 50.8 Å². The van der Waals surface area contributed by atoms with E-state index in [-0.39, 0.29) is 5.91 Å². The SMILES string of the molecule is COc1c(C)cc(C)cc1CC(=O)NCCN1CCOCC1. The van der Waals surface area contributed by atoms with Gasteiger partial charge in [0.25, 0.3) is 0 Å². The Bertz CT molecular complexity index is 511. The van der Waals surface area contributed by atoms with Crippen molar-refractivity contribution >= 4 is 5.91 Å². The van der Waals surface area contributed by atoms with E-state index in [4.69, 9.17) is 9.47 Å². The van der Waals surface area contributed by atoms with Gasteiger partial charge in [-0.05, 0) is 19.4 Å². The first-order valence-electron chi connectivity index (χ1n) is 7.81. The molecule has 1 saturated heterocycles. The van der Waals surface area contributed by atoms with E-state index >= 15 is 0 Å². The third kappa shape index (κ3) is 4.71. The van der Waals surface area contributed by atoms with Crippen LogP contribution in [0.25, 0.3) is 0 Å². The molecular weight excluding hydrogens is 280 g/mol. The quantitative estimate of drug-likeness (QED) is 0.861. The van der Waals surface area contributed by atoms with Crippen LogP contribution in [0.1, 0.15) is 16.7 Å². The lowest BCUT2D eigenvalue weighted by Crippen LogP contribution is -2.41. The highest BCUT2D eigenvalue weighted by Crippen LogP contribution is 2.25. The fraction of sp³-hybridized carbons (Fsp3) is 0.588. The van der Waals surface area contributed by atoms with E-state index in [1.807, 2.05) is 19.9 Å². The second-order valence-electron chi connectivity index (χ2n) is 5.75. The number of morpholine rings is 1. The molecular formula is C17H26N2O3. The van der Waals surface area contributed by atoms with Crippen molar-refractivity contribution in [3.8, 4) is 5.75 Å². The molecule has 1 N–H and O–H groups in total. The highest BCUT2D eigenvalue weighted by Gasteiger charge is 2.13. The van der Waals surface area contributed by atoms with E-state index in [1.165, 1.54) is 0 Å². The maximum Gasteiger partial charge on any atom is 0.224 e. The van der Waals surface area contributed by atoms with Crippen LogP contribution in [0, 0.1) is 13.8 Å². The second kappa shape index (κ2) is 8.15. The Hall–Kier alpha value is -1.59. The number of amides is 1. The highest BCUT2D eigenvalue weighted by molar-refractivity contribution is 5.79. The fourth-order valence-electron chi connectivity index (χ4n) is 2.88. The number of benzene rings is 1. The molecule has 2 rings (SSSR count). The van der Waals surface area contributed by atoms with Gasteiger partial charge < -0.3 is 14.8 Å². The molecule has 1 aromatic rings.